The number of carbonyl (C=O) groups excluding carboxylic acids is 1. The number of anilines is 1. The van der Waals surface area contributed by atoms with E-state index in [4.69, 9.17) is 0 Å². The van der Waals surface area contributed by atoms with Crippen molar-refractivity contribution >= 4 is 39.3 Å². The van der Waals surface area contributed by atoms with Crippen LogP contribution in [0.4, 0.5) is 5.69 Å². The first-order chi connectivity index (χ1) is 14.6. The molecule has 2 aromatic heterocycles. The Morgan fingerprint density at radius 3 is 2.40 bits per heavy atom. The van der Waals surface area contributed by atoms with Crippen molar-refractivity contribution in [3.05, 3.63) is 88.7 Å². The number of halogens is 1. The van der Waals surface area contributed by atoms with Gasteiger partial charge in [-0.15, -0.1) is 10.2 Å². The van der Waals surface area contributed by atoms with Crippen molar-refractivity contribution in [2.45, 2.75) is 10.9 Å². The van der Waals surface area contributed by atoms with E-state index >= 15 is 0 Å². The normalized spacial score (nSPS) is 10.7. The first-order valence-electron chi connectivity index (χ1n) is 9.18. The van der Waals surface area contributed by atoms with Crippen molar-refractivity contribution in [1.29, 1.82) is 0 Å². The predicted molar refractivity (Wildman–Crippen MR) is 122 cm³/mol. The van der Waals surface area contributed by atoms with E-state index in [1.54, 1.807) is 24.2 Å². The van der Waals surface area contributed by atoms with Crippen molar-refractivity contribution in [2.75, 3.05) is 5.32 Å². The number of carbonyl (C=O) groups is 1. The second-order valence-electron chi connectivity index (χ2n) is 6.55. The fraction of sp³-hybridized carbons (Fsp3) is 0.0909. The molecule has 0 spiro atoms. The standard InChI is InChI=1S/C22H18BrN5OS/c1-28-20(16-10-12-24-13-11-16)26-27-22(28)30-14-15-2-4-17(5-3-15)21(29)25-19-8-6-18(23)7-9-19/h2-13H,14H2,1H3,(H,25,29). The van der Waals surface area contributed by atoms with Crippen molar-refractivity contribution in [3.8, 4) is 11.4 Å². The lowest BCUT2D eigenvalue weighted by Crippen LogP contribution is -2.11. The van der Waals surface area contributed by atoms with Crippen LogP contribution in [0.1, 0.15) is 15.9 Å². The molecule has 1 amide bonds. The molecule has 0 unspecified atom stereocenters. The third-order valence-electron chi connectivity index (χ3n) is 4.46. The van der Waals surface area contributed by atoms with Crippen LogP contribution in [-0.2, 0) is 12.8 Å². The van der Waals surface area contributed by atoms with Gasteiger partial charge in [-0.2, -0.15) is 0 Å². The van der Waals surface area contributed by atoms with Crippen molar-refractivity contribution in [2.24, 2.45) is 7.05 Å². The molecule has 0 aliphatic carbocycles. The maximum Gasteiger partial charge on any atom is 0.255 e. The largest absolute Gasteiger partial charge is 0.322 e. The summed E-state index contributed by atoms with van der Waals surface area (Å²) in [5.41, 5.74) is 3.46. The molecular formula is C22H18BrN5OS. The quantitative estimate of drug-likeness (QED) is 0.385. The summed E-state index contributed by atoms with van der Waals surface area (Å²) in [5.74, 6) is 1.41. The van der Waals surface area contributed by atoms with Crippen molar-refractivity contribution < 1.29 is 4.79 Å². The van der Waals surface area contributed by atoms with Gasteiger partial charge in [-0.3, -0.25) is 9.78 Å². The topological polar surface area (TPSA) is 72.7 Å². The monoisotopic (exact) mass is 479 g/mol. The molecule has 2 aromatic carbocycles. The highest BCUT2D eigenvalue weighted by atomic mass is 79.9. The molecular weight excluding hydrogens is 462 g/mol. The van der Waals surface area contributed by atoms with Crippen molar-refractivity contribution in [3.63, 3.8) is 0 Å². The number of aromatic nitrogens is 4. The summed E-state index contributed by atoms with van der Waals surface area (Å²) in [6, 6.07) is 18.9. The Kier molecular flexibility index (Phi) is 6.25. The minimum absolute atomic E-state index is 0.133. The van der Waals surface area contributed by atoms with Gasteiger partial charge in [0.1, 0.15) is 0 Å². The van der Waals surface area contributed by atoms with E-state index in [-0.39, 0.29) is 5.91 Å². The lowest BCUT2D eigenvalue weighted by atomic mass is 10.1. The van der Waals surface area contributed by atoms with Gasteiger partial charge < -0.3 is 9.88 Å². The van der Waals surface area contributed by atoms with Gasteiger partial charge in [0.25, 0.3) is 5.91 Å². The van der Waals surface area contributed by atoms with Gasteiger partial charge in [0.05, 0.1) is 0 Å². The van der Waals surface area contributed by atoms with Crippen LogP contribution in [0.2, 0.25) is 0 Å². The number of amides is 1. The number of hydrogen-bond donors (Lipinski definition) is 1. The van der Waals surface area contributed by atoms with Crippen molar-refractivity contribution in [1.82, 2.24) is 19.7 Å². The van der Waals surface area contributed by atoms with E-state index in [1.807, 2.05) is 72.3 Å². The maximum absolute atomic E-state index is 12.4. The summed E-state index contributed by atoms with van der Waals surface area (Å²) in [6.07, 6.45) is 3.48. The van der Waals surface area contributed by atoms with E-state index in [0.717, 1.165) is 38.0 Å². The molecule has 0 atom stereocenters. The molecule has 0 fully saturated rings. The highest BCUT2D eigenvalue weighted by molar-refractivity contribution is 9.10. The van der Waals surface area contributed by atoms with E-state index in [0.29, 0.717) is 5.56 Å². The molecule has 4 aromatic rings. The number of hydrogen-bond acceptors (Lipinski definition) is 5. The molecule has 150 valence electrons. The minimum Gasteiger partial charge on any atom is -0.322 e. The first kappa shape index (κ1) is 20.3. The zero-order chi connectivity index (χ0) is 20.9. The van der Waals surface area contributed by atoms with Crippen LogP contribution in [0.25, 0.3) is 11.4 Å². The van der Waals surface area contributed by atoms with Gasteiger partial charge in [0.2, 0.25) is 0 Å². The highest BCUT2D eigenvalue weighted by Crippen LogP contribution is 2.25. The average molecular weight is 480 g/mol. The fourth-order valence-electron chi connectivity index (χ4n) is 2.83. The number of nitrogens with zero attached hydrogens (tertiary/aromatic N) is 4. The second-order valence-corrected chi connectivity index (χ2v) is 8.41. The van der Waals surface area contributed by atoms with Crippen LogP contribution in [0.15, 0.2) is 82.7 Å². The summed E-state index contributed by atoms with van der Waals surface area (Å²) in [5, 5.41) is 12.3. The van der Waals surface area contributed by atoms with Gasteiger partial charge in [-0.05, 0) is 54.1 Å². The fourth-order valence-corrected chi connectivity index (χ4v) is 3.96. The maximum atomic E-state index is 12.4. The second kappa shape index (κ2) is 9.23. The summed E-state index contributed by atoms with van der Waals surface area (Å²) in [7, 11) is 1.95. The summed E-state index contributed by atoms with van der Waals surface area (Å²) in [6.45, 7) is 0. The van der Waals surface area contributed by atoms with E-state index < -0.39 is 0 Å². The van der Waals surface area contributed by atoms with Gasteiger partial charge in [-0.25, -0.2) is 0 Å². The van der Waals surface area contributed by atoms with Gasteiger partial charge >= 0.3 is 0 Å². The molecule has 30 heavy (non-hydrogen) atoms. The summed E-state index contributed by atoms with van der Waals surface area (Å²) < 4.78 is 2.94. The Bertz CT molecular complexity index is 1140. The molecule has 0 aliphatic rings. The molecule has 0 bridgehead atoms. The van der Waals surface area contributed by atoms with Gasteiger partial charge in [0, 0.05) is 46.5 Å². The minimum atomic E-state index is -0.133. The zero-order valence-electron chi connectivity index (χ0n) is 16.1. The average Bonchev–Trinajstić information content (AvgIpc) is 3.15. The highest BCUT2D eigenvalue weighted by Gasteiger charge is 2.12. The SMILES string of the molecule is Cn1c(SCc2ccc(C(=O)Nc3ccc(Br)cc3)cc2)nnc1-c1ccncc1. The number of pyridine rings is 1. The van der Waals surface area contributed by atoms with E-state index in [9.17, 15) is 4.79 Å². The number of thioether (sulfide) groups is 1. The Balaban J connectivity index is 1.38. The van der Waals surface area contributed by atoms with Crippen LogP contribution >= 0.6 is 27.7 Å². The summed E-state index contributed by atoms with van der Waals surface area (Å²) in [4.78, 5) is 16.5. The van der Waals surface area contributed by atoms with Crippen LogP contribution in [0, 0.1) is 0 Å². The van der Waals surface area contributed by atoms with Gasteiger partial charge in [-0.1, -0.05) is 39.8 Å². The Hall–Kier alpha value is -2.97. The molecule has 0 aliphatic heterocycles. The first-order valence-corrected chi connectivity index (χ1v) is 11.0. The van der Waals surface area contributed by atoms with Crippen LogP contribution in [0.3, 0.4) is 0 Å². The number of benzene rings is 2. The molecule has 0 saturated carbocycles. The van der Waals surface area contributed by atoms with Gasteiger partial charge in [0.15, 0.2) is 11.0 Å². The van der Waals surface area contributed by atoms with E-state index in [2.05, 4.69) is 36.4 Å². The predicted octanol–water partition coefficient (Wildman–Crippen LogP) is 5.18. The lowest BCUT2D eigenvalue weighted by molar-refractivity contribution is 0.102. The Morgan fingerprint density at radius 1 is 1.00 bits per heavy atom. The smallest absolute Gasteiger partial charge is 0.255 e. The number of nitrogens with one attached hydrogen (secondary N) is 1. The molecule has 4 rings (SSSR count). The third-order valence-corrected chi connectivity index (χ3v) is 6.08. The van der Waals surface area contributed by atoms with Crippen LogP contribution in [0.5, 0.6) is 0 Å². The summed E-state index contributed by atoms with van der Waals surface area (Å²) >= 11 is 4.99. The third kappa shape index (κ3) is 4.77. The zero-order valence-corrected chi connectivity index (χ0v) is 18.5. The Morgan fingerprint density at radius 2 is 1.70 bits per heavy atom. The van der Waals surface area contributed by atoms with E-state index in [1.165, 1.54) is 0 Å². The van der Waals surface area contributed by atoms with Crippen LogP contribution in [-0.4, -0.2) is 25.7 Å². The molecule has 6 nitrogen and oxygen atoms in total. The van der Waals surface area contributed by atoms with Crippen LogP contribution < -0.4 is 5.32 Å². The molecule has 0 radical (unpaired) electrons. The lowest BCUT2D eigenvalue weighted by Gasteiger charge is -2.07. The molecule has 1 N–H and O–H groups in total. The molecule has 8 heteroatoms. The molecule has 2 heterocycles. The Labute approximate surface area is 186 Å². The number of rotatable bonds is 6. The molecule has 0 saturated heterocycles.